The molecule has 0 unspecified atom stereocenters. The van der Waals surface area contributed by atoms with Crippen molar-refractivity contribution in [3.8, 4) is 0 Å². The summed E-state index contributed by atoms with van der Waals surface area (Å²) in [5, 5.41) is 21.9. The topological polar surface area (TPSA) is 55.7 Å². The summed E-state index contributed by atoms with van der Waals surface area (Å²) >= 11 is 0. The van der Waals surface area contributed by atoms with Gasteiger partial charge in [-0.05, 0) is 18.3 Å². The highest BCUT2D eigenvalue weighted by Gasteiger charge is 2.33. The normalized spacial score (nSPS) is 19.3. The Labute approximate surface area is 118 Å². The molecule has 114 valence electrons. The third-order valence-electron chi connectivity index (χ3n) is 4.19. The minimum atomic E-state index is 0.174. The van der Waals surface area contributed by atoms with Crippen LogP contribution in [-0.2, 0) is 0 Å². The zero-order valence-electron chi connectivity index (χ0n) is 12.7. The Bertz CT molecular complexity index is 222. The third kappa shape index (κ3) is 6.21. The van der Waals surface area contributed by atoms with E-state index in [-0.39, 0.29) is 13.2 Å². The molecular formula is C15H32N2O2. The molecule has 1 aliphatic rings. The van der Waals surface area contributed by atoms with E-state index in [0.29, 0.717) is 24.5 Å². The Kier molecular flexibility index (Phi) is 7.91. The largest absolute Gasteiger partial charge is 0.395 e. The van der Waals surface area contributed by atoms with E-state index in [1.807, 2.05) is 0 Å². The van der Waals surface area contributed by atoms with Crippen LogP contribution < -0.4 is 5.32 Å². The average Bonchev–Trinajstić information content (AvgIpc) is 2.38. The molecule has 0 aromatic carbocycles. The van der Waals surface area contributed by atoms with Gasteiger partial charge in [0.2, 0.25) is 0 Å². The fourth-order valence-corrected chi connectivity index (χ4v) is 3.14. The Morgan fingerprint density at radius 3 is 2.11 bits per heavy atom. The molecule has 0 atom stereocenters. The smallest absolute Gasteiger partial charge is 0.0558 e. The summed E-state index contributed by atoms with van der Waals surface area (Å²) in [6.45, 7) is 8.12. The molecule has 4 heteroatoms. The van der Waals surface area contributed by atoms with Crippen LogP contribution >= 0.6 is 0 Å². The Morgan fingerprint density at radius 2 is 1.63 bits per heavy atom. The quantitative estimate of drug-likeness (QED) is 0.591. The van der Waals surface area contributed by atoms with Crippen molar-refractivity contribution in [1.82, 2.24) is 10.2 Å². The first-order valence-electron chi connectivity index (χ1n) is 7.79. The van der Waals surface area contributed by atoms with Gasteiger partial charge in [0.1, 0.15) is 0 Å². The maximum absolute atomic E-state index is 9.16. The van der Waals surface area contributed by atoms with Crippen LogP contribution in [0.5, 0.6) is 0 Å². The van der Waals surface area contributed by atoms with Crippen molar-refractivity contribution >= 4 is 0 Å². The highest BCUT2D eigenvalue weighted by molar-refractivity contribution is 4.88. The lowest BCUT2D eigenvalue weighted by Gasteiger charge is -2.41. The van der Waals surface area contributed by atoms with Gasteiger partial charge in [-0.2, -0.15) is 0 Å². The second-order valence-electron chi connectivity index (χ2n) is 6.32. The van der Waals surface area contributed by atoms with Crippen LogP contribution in [0.3, 0.4) is 0 Å². The summed E-state index contributed by atoms with van der Waals surface area (Å²) in [5.74, 6) is 0. The van der Waals surface area contributed by atoms with Gasteiger partial charge in [0.15, 0.2) is 0 Å². The minimum Gasteiger partial charge on any atom is -0.395 e. The molecule has 0 radical (unpaired) electrons. The van der Waals surface area contributed by atoms with Gasteiger partial charge in [0.05, 0.1) is 13.2 Å². The molecule has 0 saturated heterocycles. The molecular weight excluding hydrogens is 240 g/mol. The van der Waals surface area contributed by atoms with E-state index in [1.165, 1.54) is 32.1 Å². The summed E-state index contributed by atoms with van der Waals surface area (Å²) in [5.41, 5.74) is 0.326. The van der Waals surface area contributed by atoms with Gasteiger partial charge in [0.25, 0.3) is 0 Å². The lowest BCUT2D eigenvalue weighted by molar-refractivity contribution is 0.0751. The van der Waals surface area contributed by atoms with Crippen LogP contribution in [-0.4, -0.2) is 60.5 Å². The molecule has 1 fully saturated rings. The zero-order chi connectivity index (χ0) is 14.1. The number of nitrogens with one attached hydrogen (secondary N) is 1. The van der Waals surface area contributed by atoms with Gasteiger partial charge in [-0.25, -0.2) is 0 Å². The molecule has 4 nitrogen and oxygen atoms in total. The number of hydrogen-bond donors (Lipinski definition) is 3. The molecule has 0 heterocycles. The van der Waals surface area contributed by atoms with Crippen LogP contribution in [0, 0.1) is 5.41 Å². The van der Waals surface area contributed by atoms with Crippen LogP contribution in [0.25, 0.3) is 0 Å². The van der Waals surface area contributed by atoms with Crippen LogP contribution in [0.4, 0.5) is 0 Å². The van der Waals surface area contributed by atoms with Crippen molar-refractivity contribution in [1.29, 1.82) is 0 Å². The number of rotatable bonds is 9. The Morgan fingerprint density at radius 1 is 1.05 bits per heavy atom. The molecule has 1 saturated carbocycles. The molecule has 0 spiro atoms. The Hall–Kier alpha value is -0.160. The van der Waals surface area contributed by atoms with Crippen LogP contribution in [0.15, 0.2) is 0 Å². The fourth-order valence-electron chi connectivity index (χ4n) is 3.14. The summed E-state index contributed by atoms with van der Waals surface area (Å²) in [7, 11) is 0. The highest BCUT2D eigenvalue weighted by Crippen LogP contribution is 2.36. The highest BCUT2D eigenvalue weighted by atomic mass is 16.3. The molecule has 1 aliphatic carbocycles. The van der Waals surface area contributed by atoms with Gasteiger partial charge in [0, 0.05) is 32.2 Å². The van der Waals surface area contributed by atoms with E-state index in [1.54, 1.807) is 0 Å². The van der Waals surface area contributed by atoms with E-state index in [9.17, 15) is 0 Å². The van der Waals surface area contributed by atoms with Crippen molar-refractivity contribution in [2.24, 2.45) is 5.41 Å². The molecule has 19 heavy (non-hydrogen) atoms. The molecule has 0 aromatic heterocycles. The standard InChI is InChI=1S/C15H32N2O2/c1-14(2)16-12-15(6-4-3-5-7-15)13-17(8-10-18)9-11-19/h14,16,18-19H,3-13H2,1-2H3. The molecule has 0 aliphatic heterocycles. The zero-order valence-corrected chi connectivity index (χ0v) is 12.7. The minimum absolute atomic E-state index is 0.174. The molecule has 1 rings (SSSR count). The first kappa shape index (κ1) is 16.9. The molecule has 0 amide bonds. The average molecular weight is 272 g/mol. The Balaban J connectivity index is 2.60. The molecule has 0 aromatic rings. The van der Waals surface area contributed by atoms with Crippen molar-refractivity contribution in [3.05, 3.63) is 0 Å². The van der Waals surface area contributed by atoms with E-state index >= 15 is 0 Å². The van der Waals surface area contributed by atoms with E-state index in [2.05, 4.69) is 24.1 Å². The maximum Gasteiger partial charge on any atom is 0.0558 e. The van der Waals surface area contributed by atoms with E-state index in [0.717, 1.165) is 13.1 Å². The lowest BCUT2D eigenvalue weighted by atomic mass is 9.73. The first-order chi connectivity index (χ1) is 9.12. The monoisotopic (exact) mass is 272 g/mol. The molecule has 3 N–H and O–H groups in total. The van der Waals surface area contributed by atoms with Gasteiger partial charge < -0.3 is 15.5 Å². The summed E-state index contributed by atoms with van der Waals surface area (Å²) in [6.07, 6.45) is 6.50. The molecule has 0 bridgehead atoms. The summed E-state index contributed by atoms with van der Waals surface area (Å²) < 4.78 is 0. The summed E-state index contributed by atoms with van der Waals surface area (Å²) in [6, 6.07) is 0.517. The third-order valence-corrected chi connectivity index (χ3v) is 4.19. The lowest BCUT2D eigenvalue weighted by Crippen LogP contribution is -2.48. The maximum atomic E-state index is 9.16. The number of nitrogens with zero attached hydrogens (tertiary/aromatic N) is 1. The van der Waals surface area contributed by atoms with Crippen LogP contribution in [0.1, 0.15) is 46.0 Å². The number of aliphatic hydroxyl groups excluding tert-OH is 2. The van der Waals surface area contributed by atoms with Gasteiger partial charge in [-0.1, -0.05) is 33.1 Å². The summed E-state index contributed by atoms with van der Waals surface area (Å²) in [4.78, 5) is 2.22. The second kappa shape index (κ2) is 8.90. The predicted molar refractivity (Wildman–Crippen MR) is 79.3 cm³/mol. The van der Waals surface area contributed by atoms with Crippen molar-refractivity contribution in [2.75, 3.05) is 39.4 Å². The van der Waals surface area contributed by atoms with E-state index in [4.69, 9.17) is 10.2 Å². The number of aliphatic hydroxyl groups is 2. The SMILES string of the molecule is CC(C)NCC1(CN(CCO)CCO)CCCCC1. The second-order valence-corrected chi connectivity index (χ2v) is 6.32. The van der Waals surface area contributed by atoms with Crippen molar-refractivity contribution < 1.29 is 10.2 Å². The van der Waals surface area contributed by atoms with Crippen molar-refractivity contribution in [3.63, 3.8) is 0 Å². The van der Waals surface area contributed by atoms with Gasteiger partial charge in [-0.15, -0.1) is 0 Å². The van der Waals surface area contributed by atoms with E-state index < -0.39 is 0 Å². The first-order valence-corrected chi connectivity index (χ1v) is 7.79. The number of hydrogen-bond acceptors (Lipinski definition) is 4. The fraction of sp³-hybridized carbons (Fsp3) is 1.00. The van der Waals surface area contributed by atoms with Crippen LogP contribution in [0.2, 0.25) is 0 Å². The predicted octanol–water partition coefficient (Wildman–Crippen LogP) is 1.22. The van der Waals surface area contributed by atoms with Gasteiger partial charge >= 0.3 is 0 Å². The van der Waals surface area contributed by atoms with Gasteiger partial charge in [-0.3, -0.25) is 4.90 Å². The van der Waals surface area contributed by atoms with Crippen molar-refractivity contribution in [2.45, 2.75) is 52.0 Å².